The summed E-state index contributed by atoms with van der Waals surface area (Å²) in [6, 6.07) is 0. The molecule has 1 fully saturated rings. The summed E-state index contributed by atoms with van der Waals surface area (Å²) in [6.07, 6.45) is 3.17. The number of likely N-dealkylation sites (tertiary alicyclic amines) is 1. The maximum absolute atomic E-state index is 10.7. The molecule has 4 nitrogen and oxygen atoms in total. The van der Waals surface area contributed by atoms with E-state index in [0.717, 1.165) is 32.2 Å². The fourth-order valence-electron chi connectivity index (χ4n) is 1.45. The van der Waals surface area contributed by atoms with Crippen molar-refractivity contribution in [3.05, 3.63) is 0 Å². The highest BCUT2D eigenvalue weighted by atomic mass is 32.2. The van der Waals surface area contributed by atoms with E-state index in [-0.39, 0.29) is 0 Å². The lowest BCUT2D eigenvalue weighted by molar-refractivity contribution is 0.164. The van der Waals surface area contributed by atoms with Gasteiger partial charge in [-0.25, -0.2) is 0 Å². The SMILES string of the molecule is CN1CCC(COS(C)(=O)=O)CC1. The van der Waals surface area contributed by atoms with E-state index in [9.17, 15) is 8.42 Å². The molecule has 0 aromatic heterocycles. The predicted octanol–water partition coefficient (Wildman–Crippen LogP) is 0.304. The van der Waals surface area contributed by atoms with Crippen LogP contribution in [0.25, 0.3) is 0 Å². The Labute approximate surface area is 80.0 Å². The topological polar surface area (TPSA) is 46.6 Å². The highest BCUT2D eigenvalue weighted by molar-refractivity contribution is 7.85. The summed E-state index contributed by atoms with van der Waals surface area (Å²) in [5.41, 5.74) is 0. The second-order valence-corrected chi connectivity index (χ2v) is 5.38. The smallest absolute Gasteiger partial charge is 0.264 e. The van der Waals surface area contributed by atoms with Crippen molar-refractivity contribution in [2.45, 2.75) is 12.8 Å². The van der Waals surface area contributed by atoms with Crippen LogP contribution in [0.4, 0.5) is 0 Å². The van der Waals surface area contributed by atoms with E-state index < -0.39 is 10.1 Å². The van der Waals surface area contributed by atoms with E-state index in [1.165, 1.54) is 0 Å². The average molecular weight is 207 g/mol. The Morgan fingerprint density at radius 3 is 2.38 bits per heavy atom. The highest BCUT2D eigenvalue weighted by Crippen LogP contribution is 2.16. The molecule has 1 aliphatic rings. The Bertz CT molecular complexity index is 242. The van der Waals surface area contributed by atoms with E-state index in [2.05, 4.69) is 11.9 Å². The van der Waals surface area contributed by atoms with Gasteiger partial charge in [-0.15, -0.1) is 0 Å². The maximum Gasteiger partial charge on any atom is 0.264 e. The van der Waals surface area contributed by atoms with Crippen molar-refractivity contribution in [3.63, 3.8) is 0 Å². The van der Waals surface area contributed by atoms with E-state index >= 15 is 0 Å². The summed E-state index contributed by atoms with van der Waals surface area (Å²) in [5, 5.41) is 0. The van der Waals surface area contributed by atoms with Crippen LogP contribution in [0.3, 0.4) is 0 Å². The standard InChI is InChI=1S/C8H17NO3S/c1-9-5-3-8(4-6-9)7-12-13(2,10)11/h8H,3-7H2,1-2H3. The number of rotatable bonds is 3. The minimum atomic E-state index is -3.25. The third-order valence-electron chi connectivity index (χ3n) is 2.36. The fraction of sp³-hybridized carbons (Fsp3) is 1.00. The third kappa shape index (κ3) is 4.59. The summed E-state index contributed by atoms with van der Waals surface area (Å²) < 4.78 is 26.2. The van der Waals surface area contributed by atoms with Crippen LogP contribution in [0.5, 0.6) is 0 Å². The lowest BCUT2D eigenvalue weighted by Gasteiger charge is -2.28. The van der Waals surface area contributed by atoms with Crippen LogP contribution in [0.2, 0.25) is 0 Å². The van der Waals surface area contributed by atoms with Gasteiger partial charge in [-0.3, -0.25) is 4.18 Å². The number of piperidine rings is 1. The van der Waals surface area contributed by atoms with E-state index in [1.807, 2.05) is 0 Å². The molecule has 0 saturated carbocycles. The van der Waals surface area contributed by atoms with Crippen molar-refractivity contribution in [2.75, 3.05) is 33.0 Å². The molecule has 0 aromatic rings. The molecule has 0 amide bonds. The summed E-state index contributed by atoms with van der Waals surface area (Å²) in [4.78, 5) is 2.25. The van der Waals surface area contributed by atoms with Gasteiger partial charge >= 0.3 is 0 Å². The Hall–Kier alpha value is -0.130. The molecule has 0 spiro atoms. The molecule has 5 heteroatoms. The van der Waals surface area contributed by atoms with Crippen LogP contribution in [-0.2, 0) is 14.3 Å². The Morgan fingerprint density at radius 2 is 1.92 bits per heavy atom. The van der Waals surface area contributed by atoms with Crippen LogP contribution in [-0.4, -0.2) is 46.3 Å². The molecule has 78 valence electrons. The van der Waals surface area contributed by atoms with Gasteiger partial charge in [0.1, 0.15) is 0 Å². The Morgan fingerprint density at radius 1 is 1.38 bits per heavy atom. The predicted molar refractivity (Wildman–Crippen MR) is 51.0 cm³/mol. The van der Waals surface area contributed by atoms with Crippen molar-refractivity contribution >= 4 is 10.1 Å². The Kier molecular flexibility index (Phi) is 3.70. The largest absolute Gasteiger partial charge is 0.306 e. The van der Waals surface area contributed by atoms with Gasteiger partial charge in [0.05, 0.1) is 12.9 Å². The number of nitrogens with zero attached hydrogens (tertiary/aromatic N) is 1. The molecule has 0 unspecified atom stereocenters. The molecule has 0 radical (unpaired) electrons. The molecular weight excluding hydrogens is 190 g/mol. The summed E-state index contributed by atoms with van der Waals surface area (Å²) in [7, 11) is -1.17. The van der Waals surface area contributed by atoms with Crippen LogP contribution in [0.15, 0.2) is 0 Å². The molecule has 13 heavy (non-hydrogen) atoms. The van der Waals surface area contributed by atoms with Gasteiger partial charge in [0.2, 0.25) is 0 Å². The molecular formula is C8H17NO3S. The minimum Gasteiger partial charge on any atom is -0.306 e. The lowest BCUT2D eigenvalue weighted by Crippen LogP contribution is -2.32. The van der Waals surface area contributed by atoms with Crippen LogP contribution < -0.4 is 0 Å². The minimum absolute atomic E-state index is 0.354. The van der Waals surface area contributed by atoms with Crippen molar-refractivity contribution in [3.8, 4) is 0 Å². The number of hydrogen-bond acceptors (Lipinski definition) is 4. The lowest BCUT2D eigenvalue weighted by atomic mass is 9.98. The first kappa shape index (κ1) is 10.9. The van der Waals surface area contributed by atoms with Crippen molar-refractivity contribution in [2.24, 2.45) is 5.92 Å². The molecule has 1 heterocycles. The summed E-state index contributed by atoms with van der Waals surface area (Å²) in [6.45, 7) is 2.43. The van der Waals surface area contributed by atoms with Gasteiger partial charge < -0.3 is 4.90 Å². The van der Waals surface area contributed by atoms with Crippen molar-refractivity contribution in [1.29, 1.82) is 0 Å². The monoisotopic (exact) mass is 207 g/mol. The van der Waals surface area contributed by atoms with Crippen LogP contribution >= 0.6 is 0 Å². The molecule has 1 aliphatic heterocycles. The fourth-order valence-corrected chi connectivity index (χ4v) is 1.89. The molecule has 0 bridgehead atoms. The zero-order valence-corrected chi connectivity index (χ0v) is 9.01. The van der Waals surface area contributed by atoms with Gasteiger partial charge in [-0.2, -0.15) is 8.42 Å². The van der Waals surface area contributed by atoms with E-state index in [1.54, 1.807) is 0 Å². The first-order valence-electron chi connectivity index (χ1n) is 4.50. The zero-order valence-electron chi connectivity index (χ0n) is 8.19. The molecule has 0 aromatic carbocycles. The first-order chi connectivity index (χ1) is 5.97. The normalized spacial score (nSPS) is 22.0. The van der Waals surface area contributed by atoms with Gasteiger partial charge in [-0.05, 0) is 38.9 Å². The summed E-state index contributed by atoms with van der Waals surface area (Å²) in [5.74, 6) is 0.408. The quantitative estimate of drug-likeness (QED) is 0.625. The first-order valence-corrected chi connectivity index (χ1v) is 6.32. The maximum atomic E-state index is 10.7. The van der Waals surface area contributed by atoms with Crippen molar-refractivity contribution in [1.82, 2.24) is 4.90 Å². The Balaban J connectivity index is 2.24. The molecule has 0 aliphatic carbocycles. The van der Waals surface area contributed by atoms with Crippen LogP contribution in [0, 0.1) is 5.92 Å². The molecule has 1 rings (SSSR count). The third-order valence-corrected chi connectivity index (χ3v) is 2.92. The van der Waals surface area contributed by atoms with E-state index in [0.29, 0.717) is 12.5 Å². The molecule has 1 saturated heterocycles. The second-order valence-electron chi connectivity index (χ2n) is 3.74. The molecule has 0 atom stereocenters. The van der Waals surface area contributed by atoms with E-state index in [4.69, 9.17) is 4.18 Å². The average Bonchev–Trinajstić information content (AvgIpc) is 2.02. The highest BCUT2D eigenvalue weighted by Gasteiger charge is 2.18. The zero-order chi connectivity index (χ0) is 9.90. The second kappa shape index (κ2) is 4.39. The van der Waals surface area contributed by atoms with Gasteiger partial charge in [0, 0.05) is 0 Å². The van der Waals surface area contributed by atoms with Gasteiger partial charge in [-0.1, -0.05) is 0 Å². The van der Waals surface area contributed by atoms with Gasteiger partial charge in [0.15, 0.2) is 0 Å². The number of hydrogen-bond donors (Lipinski definition) is 0. The van der Waals surface area contributed by atoms with Gasteiger partial charge in [0.25, 0.3) is 10.1 Å². The molecule has 0 N–H and O–H groups in total. The van der Waals surface area contributed by atoms with Crippen LogP contribution in [0.1, 0.15) is 12.8 Å². The van der Waals surface area contributed by atoms with Crippen molar-refractivity contribution < 1.29 is 12.6 Å². The summed E-state index contributed by atoms with van der Waals surface area (Å²) >= 11 is 0.